The van der Waals surface area contributed by atoms with Gasteiger partial charge in [-0.2, -0.15) is 11.8 Å². The first kappa shape index (κ1) is 18.6. The number of benzene rings is 1. The molecule has 0 saturated heterocycles. The average Bonchev–Trinajstić information content (AvgIpc) is 2.49. The van der Waals surface area contributed by atoms with Crippen molar-refractivity contribution in [2.24, 2.45) is 4.99 Å². The number of hydrogen-bond donors (Lipinski definition) is 2. The Kier molecular flexibility index (Phi) is 8.74. The predicted octanol–water partition coefficient (Wildman–Crippen LogP) is 2.70. The molecule has 0 aliphatic rings. The lowest BCUT2D eigenvalue weighted by molar-refractivity contribution is 0.623. The molecule has 0 fully saturated rings. The van der Waals surface area contributed by atoms with Crippen molar-refractivity contribution in [1.29, 1.82) is 0 Å². The number of guanidine groups is 1. The van der Waals surface area contributed by atoms with Gasteiger partial charge in [-0.3, -0.25) is 4.99 Å². The Morgan fingerprint density at radius 3 is 2.64 bits per heavy atom. The fraction of sp³-hybridized carbons (Fsp3) is 0.562. The van der Waals surface area contributed by atoms with Crippen molar-refractivity contribution in [3.63, 3.8) is 0 Å². The number of thioether (sulfide) groups is 1. The Morgan fingerprint density at radius 1 is 1.27 bits per heavy atom. The first-order chi connectivity index (χ1) is 10.6. The SMILES string of the molecule is CN=C(NCCCCSC)NCc1ccc(N(C)C)c(F)c1. The third kappa shape index (κ3) is 6.56. The molecule has 0 spiro atoms. The second-order valence-corrected chi connectivity index (χ2v) is 6.22. The molecule has 0 unspecified atom stereocenters. The van der Waals surface area contributed by atoms with Gasteiger partial charge in [0.15, 0.2) is 5.96 Å². The molecular weight excluding hydrogens is 299 g/mol. The van der Waals surface area contributed by atoms with Crippen LogP contribution in [0.4, 0.5) is 10.1 Å². The zero-order valence-corrected chi connectivity index (χ0v) is 14.8. The molecule has 4 nitrogen and oxygen atoms in total. The van der Waals surface area contributed by atoms with Crippen LogP contribution in [0.2, 0.25) is 0 Å². The number of rotatable bonds is 8. The smallest absolute Gasteiger partial charge is 0.191 e. The van der Waals surface area contributed by atoms with Crippen molar-refractivity contribution in [3.05, 3.63) is 29.6 Å². The molecule has 0 saturated carbocycles. The average molecular weight is 326 g/mol. The summed E-state index contributed by atoms with van der Waals surface area (Å²) in [5.74, 6) is 1.73. The molecule has 0 bridgehead atoms. The molecule has 1 rings (SSSR count). The summed E-state index contributed by atoms with van der Waals surface area (Å²) in [6, 6.07) is 5.29. The van der Waals surface area contributed by atoms with Gasteiger partial charge in [-0.1, -0.05) is 6.07 Å². The van der Waals surface area contributed by atoms with E-state index in [-0.39, 0.29) is 5.82 Å². The maximum absolute atomic E-state index is 13.9. The van der Waals surface area contributed by atoms with Crippen molar-refractivity contribution in [2.45, 2.75) is 19.4 Å². The Labute approximate surface area is 137 Å². The molecule has 6 heteroatoms. The van der Waals surface area contributed by atoms with E-state index in [0.717, 1.165) is 24.5 Å². The Hall–Kier alpha value is -1.43. The number of halogens is 1. The molecule has 0 heterocycles. The van der Waals surface area contributed by atoms with Crippen LogP contribution in [-0.2, 0) is 6.54 Å². The molecule has 1 aromatic rings. The molecule has 0 radical (unpaired) electrons. The fourth-order valence-electron chi connectivity index (χ4n) is 2.01. The highest BCUT2D eigenvalue weighted by molar-refractivity contribution is 7.98. The van der Waals surface area contributed by atoms with Crippen LogP contribution < -0.4 is 15.5 Å². The van der Waals surface area contributed by atoms with E-state index in [1.54, 1.807) is 24.1 Å². The summed E-state index contributed by atoms with van der Waals surface area (Å²) in [7, 11) is 5.41. The normalized spacial score (nSPS) is 11.4. The highest BCUT2D eigenvalue weighted by Crippen LogP contribution is 2.18. The van der Waals surface area contributed by atoms with Crippen molar-refractivity contribution < 1.29 is 4.39 Å². The van der Waals surface area contributed by atoms with Crippen molar-refractivity contribution in [3.8, 4) is 0 Å². The number of aliphatic imine (C=N–C) groups is 1. The van der Waals surface area contributed by atoms with Crippen LogP contribution in [0, 0.1) is 5.82 Å². The van der Waals surface area contributed by atoms with Crippen LogP contribution in [-0.4, -0.2) is 45.7 Å². The summed E-state index contributed by atoms with van der Waals surface area (Å²) in [4.78, 5) is 5.94. The van der Waals surface area contributed by atoms with E-state index in [0.29, 0.717) is 12.2 Å². The van der Waals surface area contributed by atoms with Gasteiger partial charge in [0.1, 0.15) is 5.82 Å². The van der Waals surface area contributed by atoms with Crippen LogP contribution in [0.3, 0.4) is 0 Å². The van der Waals surface area contributed by atoms with Gasteiger partial charge >= 0.3 is 0 Å². The van der Waals surface area contributed by atoms with Crippen LogP contribution in [0.25, 0.3) is 0 Å². The van der Waals surface area contributed by atoms with Gasteiger partial charge in [-0.05, 0) is 42.5 Å². The third-order valence-electron chi connectivity index (χ3n) is 3.25. The number of hydrogen-bond acceptors (Lipinski definition) is 3. The van der Waals surface area contributed by atoms with Crippen molar-refractivity contribution >= 4 is 23.4 Å². The quantitative estimate of drug-likeness (QED) is 0.438. The molecule has 1 aromatic carbocycles. The van der Waals surface area contributed by atoms with Gasteiger partial charge in [0.2, 0.25) is 0 Å². The number of nitrogens with one attached hydrogen (secondary N) is 2. The molecule has 0 amide bonds. The van der Waals surface area contributed by atoms with Gasteiger partial charge in [0.05, 0.1) is 5.69 Å². The number of anilines is 1. The van der Waals surface area contributed by atoms with E-state index in [2.05, 4.69) is 21.9 Å². The van der Waals surface area contributed by atoms with E-state index in [1.807, 2.05) is 31.9 Å². The topological polar surface area (TPSA) is 39.7 Å². The maximum atomic E-state index is 13.9. The monoisotopic (exact) mass is 326 g/mol. The lowest BCUT2D eigenvalue weighted by Crippen LogP contribution is -2.37. The first-order valence-electron chi connectivity index (χ1n) is 7.47. The van der Waals surface area contributed by atoms with E-state index in [9.17, 15) is 4.39 Å². The summed E-state index contributed by atoms with van der Waals surface area (Å²) in [6.45, 7) is 1.45. The summed E-state index contributed by atoms with van der Waals surface area (Å²) in [6.07, 6.45) is 4.44. The summed E-state index contributed by atoms with van der Waals surface area (Å²) in [5.41, 5.74) is 1.49. The standard InChI is InChI=1S/C16H27FN4S/c1-18-16(19-9-5-6-10-22-4)20-12-13-7-8-15(21(2)3)14(17)11-13/h7-8,11H,5-6,9-10,12H2,1-4H3,(H2,18,19,20). The molecule has 0 aliphatic carbocycles. The Morgan fingerprint density at radius 2 is 2.05 bits per heavy atom. The highest BCUT2D eigenvalue weighted by Gasteiger charge is 2.05. The largest absolute Gasteiger partial charge is 0.375 e. The molecule has 0 aliphatic heterocycles. The van der Waals surface area contributed by atoms with Gasteiger partial charge in [0.25, 0.3) is 0 Å². The molecule has 2 N–H and O–H groups in total. The lowest BCUT2D eigenvalue weighted by Gasteiger charge is -2.15. The molecular formula is C16H27FN4S. The van der Waals surface area contributed by atoms with E-state index < -0.39 is 0 Å². The summed E-state index contributed by atoms with van der Waals surface area (Å²) >= 11 is 1.87. The summed E-state index contributed by atoms with van der Waals surface area (Å²) in [5, 5.41) is 6.48. The Balaban J connectivity index is 2.41. The number of nitrogens with zero attached hydrogens (tertiary/aromatic N) is 2. The van der Waals surface area contributed by atoms with Crippen LogP contribution in [0.1, 0.15) is 18.4 Å². The van der Waals surface area contributed by atoms with Gasteiger partial charge in [-0.15, -0.1) is 0 Å². The maximum Gasteiger partial charge on any atom is 0.191 e. The minimum Gasteiger partial charge on any atom is -0.375 e. The van der Waals surface area contributed by atoms with Crippen LogP contribution in [0.5, 0.6) is 0 Å². The van der Waals surface area contributed by atoms with Crippen molar-refractivity contribution in [1.82, 2.24) is 10.6 Å². The summed E-state index contributed by atoms with van der Waals surface area (Å²) < 4.78 is 13.9. The van der Waals surface area contributed by atoms with E-state index in [4.69, 9.17) is 0 Å². The Bertz CT molecular complexity index is 477. The van der Waals surface area contributed by atoms with Gasteiger partial charge in [0, 0.05) is 34.2 Å². The predicted molar refractivity (Wildman–Crippen MR) is 96.5 cm³/mol. The van der Waals surface area contributed by atoms with Crippen LogP contribution in [0.15, 0.2) is 23.2 Å². The fourth-order valence-corrected chi connectivity index (χ4v) is 2.50. The molecule has 22 heavy (non-hydrogen) atoms. The zero-order valence-electron chi connectivity index (χ0n) is 13.9. The van der Waals surface area contributed by atoms with E-state index >= 15 is 0 Å². The highest BCUT2D eigenvalue weighted by atomic mass is 32.2. The van der Waals surface area contributed by atoms with Crippen LogP contribution >= 0.6 is 11.8 Å². The minimum absolute atomic E-state index is 0.204. The number of unbranched alkanes of at least 4 members (excludes halogenated alkanes) is 1. The van der Waals surface area contributed by atoms with Crippen molar-refractivity contribution in [2.75, 3.05) is 44.6 Å². The minimum atomic E-state index is -0.204. The molecule has 0 aromatic heterocycles. The third-order valence-corrected chi connectivity index (χ3v) is 3.94. The molecule has 0 atom stereocenters. The molecule has 124 valence electrons. The van der Waals surface area contributed by atoms with Gasteiger partial charge in [-0.25, -0.2) is 4.39 Å². The second kappa shape index (κ2) is 10.3. The second-order valence-electron chi connectivity index (χ2n) is 5.23. The van der Waals surface area contributed by atoms with E-state index in [1.165, 1.54) is 12.2 Å². The lowest BCUT2D eigenvalue weighted by atomic mass is 10.2. The van der Waals surface area contributed by atoms with Gasteiger partial charge < -0.3 is 15.5 Å². The first-order valence-corrected chi connectivity index (χ1v) is 8.87. The zero-order chi connectivity index (χ0) is 16.4.